The van der Waals surface area contributed by atoms with Crippen LogP contribution in [-0.2, 0) is 4.79 Å². The first-order chi connectivity index (χ1) is 8.45. The summed E-state index contributed by atoms with van der Waals surface area (Å²) in [6.45, 7) is 1.38. The van der Waals surface area contributed by atoms with Gasteiger partial charge < -0.3 is 9.84 Å². The lowest BCUT2D eigenvalue weighted by atomic mass is 10.1. The van der Waals surface area contributed by atoms with Crippen molar-refractivity contribution in [3.8, 4) is 5.75 Å². The van der Waals surface area contributed by atoms with E-state index in [-0.39, 0.29) is 5.56 Å². The maximum absolute atomic E-state index is 11.5. The van der Waals surface area contributed by atoms with E-state index in [2.05, 4.69) is 5.18 Å². The van der Waals surface area contributed by atoms with Gasteiger partial charge in [0.1, 0.15) is 5.75 Å². The third-order valence-electron chi connectivity index (χ3n) is 2.11. The molecule has 6 nitrogen and oxygen atoms in total. The summed E-state index contributed by atoms with van der Waals surface area (Å²) in [4.78, 5) is 32.1. The Hall–Kier alpha value is -1.95. The molecule has 18 heavy (non-hydrogen) atoms. The summed E-state index contributed by atoms with van der Waals surface area (Å²) in [5.41, 5.74) is -1.26. The molecule has 7 heteroatoms. The van der Waals surface area contributed by atoms with Crippen LogP contribution in [0.3, 0.4) is 0 Å². The molecule has 0 bridgehead atoms. The Labute approximate surface area is 107 Å². The van der Waals surface area contributed by atoms with Crippen molar-refractivity contribution < 1.29 is 19.4 Å². The Balaban J connectivity index is 2.77. The number of halogens is 1. The van der Waals surface area contributed by atoms with Gasteiger partial charge in [0.2, 0.25) is 11.3 Å². The van der Waals surface area contributed by atoms with Gasteiger partial charge in [-0.15, -0.1) is 4.91 Å². The first-order valence-corrected chi connectivity index (χ1v) is 5.39. The standard InChI is InChI=1S/C11H10ClNO5/c1-6(11(15)16)18-8-4-2-7(3-5-8)9(14)10(12)13-17/h2-6,10H,1H3,(H,15,16). The topological polar surface area (TPSA) is 93.0 Å². The third kappa shape index (κ3) is 3.53. The lowest BCUT2D eigenvalue weighted by molar-refractivity contribution is -0.144. The van der Waals surface area contributed by atoms with Crippen molar-refractivity contribution in [3.63, 3.8) is 0 Å². The predicted molar refractivity (Wildman–Crippen MR) is 63.9 cm³/mol. The molecule has 1 rings (SSSR count). The van der Waals surface area contributed by atoms with Crippen LogP contribution in [0.25, 0.3) is 0 Å². The number of nitroso groups, excluding NO2 is 1. The number of hydrogen-bond acceptors (Lipinski definition) is 5. The molecule has 0 aliphatic rings. The molecule has 0 radical (unpaired) electrons. The quantitative estimate of drug-likeness (QED) is 0.370. The molecule has 1 aromatic rings. The average molecular weight is 272 g/mol. The van der Waals surface area contributed by atoms with Crippen molar-refractivity contribution in [1.29, 1.82) is 0 Å². The number of carboxylic acids is 1. The summed E-state index contributed by atoms with van der Waals surface area (Å²) >= 11 is 5.38. The first kappa shape index (κ1) is 14.1. The number of Topliss-reactive ketones (excluding diaryl/α,β-unsaturated/α-hetero) is 1. The number of benzene rings is 1. The Bertz CT molecular complexity index is 459. The smallest absolute Gasteiger partial charge is 0.344 e. The first-order valence-electron chi connectivity index (χ1n) is 4.96. The van der Waals surface area contributed by atoms with Gasteiger partial charge in [0, 0.05) is 5.56 Å². The number of ether oxygens (including phenoxy) is 1. The van der Waals surface area contributed by atoms with Gasteiger partial charge in [-0.2, -0.15) is 0 Å². The molecule has 0 fully saturated rings. The van der Waals surface area contributed by atoms with Gasteiger partial charge in [0.05, 0.1) is 0 Å². The van der Waals surface area contributed by atoms with Crippen LogP contribution >= 0.6 is 11.6 Å². The molecule has 0 amide bonds. The third-order valence-corrected chi connectivity index (χ3v) is 2.39. The maximum atomic E-state index is 11.5. The molecule has 2 atom stereocenters. The van der Waals surface area contributed by atoms with Crippen molar-refractivity contribution >= 4 is 23.4 Å². The number of nitrogens with zero attached hydrogens (tertiary/aromatic N) is 1. The second-order valence-electron chi connectivity index (χ2n) is 3.43. The van der Waals surface area contributed by atoms with Crippen LogP contribution in [-0.4, -0.2) is 28.5 Å². The highest BCUT2D eigenvalue weighted by Crippen LogP contribution is 2.16. The van der Waals surface area contributed by atoms with E-state index >= 15 is 0 Å². The van der Waals surface area contributed by atoms with E-state index in [9.17, 15) is 14.5 Å². The maximum Gasteiger partial charge on any atom is 0.344 e. The number of carbonyl (C=O) groups excluding carboxylic acids is 1. The summed E-state index contributed by atoms with van der Waals surface area (Å²) < 4.78 is 5.07. The van der Waals surface area contributed by atoms with Crippen LogP contribution in [0.5, 0.6) is 5.75 Å². The monoisotopic (exact) mass is 271 g/mol. The van der Waals surface area contributed by atoms with Gasteiger partial charge in [-0.05, 0) is 36.4 Å². The van der Waals surface area contributed by atoms with Crippen molar-refractivity contribution in [2.45, 2.75) is 18.5 Å². The fraction of sp³-hybridized carbons (Fsp3) is 0.273. The second kappa shape index (κ2) is 6.11. The molecular weight excluding hydrogens is 262 g/mol. The second-order valence-corrected chi connectivity index (χ2v) is 3.84. The number of carbonyl (C=O) groups is 2. The van der Waals surface area contributed by atoms with Crippen LogP contribution in [0.15, 0.2) is 29.4 Å². The van der Waals surface area contributed by atoms with Crippen molar-refractivity contribution in [2.24, 2.45) is 5.18 Å². The SMILES string of the molecule is CC(Oc1ccc(C(=O)C(Cl)N=O)cc1)C(=O)O. The van der Waals surface area contributed by atoms with E-state index in [0.717, 1.165) is 0 Å². The van der Waals surface area contributed by atoms with E-state index in [1.807, 2.05) is 0 Å². The van der Waals surface area contributed by atoms with Gasteiger partial charge in [0.15, 0.2) is 6.10 Å². The Morgan fingerprint density at radius 3 is 2.33 bits per heavy atom. The number of rotatable bonds is 6. The molecule has 0 aliphatic heterocycles. The van der Waals surface area contributed by atoms with E-state index in [1.165, 1.54) is 31.2 Å². The summed E-state index contributed by atoms with van der Waals surface area (Å²) in [6.07, 6.45) is -0.996. The van der Waals surface area contributed by atoms with Crippen LogP contribution in [0.4, 0.5) is 0 Å². The van der Waals surface area contributed by atoms with Gasteiger partial charge >= 0.3 is 5.97 Å². The highest BCUT2D eigenvalue weighted by atomic mass is 35.5. The minimum atomic E-state index is -1.46. The molecule has 0 aromatic heterocycles. The van der Waals surface area contributed by atoms with Crippen molar-refractivity contribution in [3.05, 3.63) is 34.7 Å². The Kier molecular flexibility index (Phi) is 4.79. The minimum absolute atomic E-state index is 0.199. The largest absolute Gasteiger partial charge is 0.479 e. The van der Waals surface area contributed by atoms with E-state index in [0.29, 0.717) is 5.75 Å². The molecule has 2 unspecified atom stereocenters. The predicted octanol–water partition coefficient (Wildman–Crippen LogP) is 2.05. The molecule has 0 saturated carbocycles. The normalized spacial score (nSPS) is 13.4. The van der Waals surface area contributed by atoms with Crippen LogP contribution < -0.4 is 4.74 Å². The molecule has 0 saturated heterocycles. The van der Waals surface area contributed by atoms with Crippen molar-refractivity contribution in [2.75, 3.05) is 0 Å². The van der Waals surface area contributed by atoms with Gasteiger partial charge in [-0.25, -0.2) is 4.79 Å². The lowest BCUT2D eigenvalue weighted by Crippen LogP contribution is -2.22. The van der Waals surface area contributed by atoms with Crippen LogP contribution in [0.2, 0.25) is 0 Å². The summed E-state index contributed by atoms with van der Waals surface area (Å²) in [5.74, 6) is -1.42. The zero-order valence-electron chi connectivity index (χ0n) is 9.37. The zero-order chi connectivity index (χ0) is 13.7. The molecule has 0 spiro atoms. The number of alkyl halides is 1. The van der Waals surface area contributed by atoms with Crippen LogP contribution in [0, 0.1) is 4.91 Å². The number of carboxylic acid groups (broad SMARTS) is 1. The highest BCUT2D eigenvalue weighted by Gasteiger charge is 2.18. The van der Waals surface area contributed by atoms with E-state index in [4.69, 9.17) is 21.4 Å². The number of aliphatic carboxylic acids is 1. The van der Waals surface area contributed by atoms with Gasteiger partial charge in [-0.3, -0.25) is 4.79 Å². The highest BCUT2D eigenvalue weighted by molar-refractivity contribution is 6.33. The van der Waals surface area contributed by atoms with Crippen LogP contribution in [0.1, 0.15) is 17.3 Å². The summed E-state index contributed by atoms with van der Waals surface area (Å²) in [5, 5.41) is 11.1. The fourth-order valence-corrected chi connectivity index (χ4v) is 1.26. The fourth-order valence-electron chi connectivity index (χ4n) is 1.14. The summed E-state index contributed by atoms with van der Waals surface area (Å²) in [7, 11) is 0. The number of hydrogen-bond donors (Lipinski definition) is 1. The zero-order valence-corrected chi connectivity index (χ0v) is 10.1. The van der Waals surface area contributed by atoms with Gasteiger partial charge in [-0.1, -0.05) is 11.6 Å². The Morgan fingerprint density at radius 2 is 1.89 bits per heavy atom. The number of ketones is 1. The van der Waals surface area contributed by atoms with Gasteiger partial charge in [0.25, 0.3) is 0 Å². The molecule has 0 aliphatic carbocycles. The molecule has 0 heterocycles. The molecular formula is C11H10ClNO5. The molecule has 96 valence electrons. The average Bonchev–Trinajstić information content (AvgIpc) is 2.37. The van der Waals surface area contributed by atoms with E-state index < -0.39 is 23.4 Å². The molecule has 1 N–H and O–H groups in total. The Morgan fingerprint density at radius 1 is 1.33 bits per heavy atom. The lowest BCUT2D eigenvalue weighted by Gasteiger charge is -2.10. The van der Waals surface area contributed by atoms with E-state index in [1.54, 1.807) is 0 Å². The molecule has 1 aromatic carbocycles. The van der Waals surface area contributed by atoms with Crippen molar-refractivity contribution in [1.82, 2.24) is 0 Å². The summed E-state index contributed by atoms with van der Waals surface area (Å²) in [6, 6.07) is 5.60. The minimum Gasteiger partial charge on any atom is -0.479 e.